The smallest absolute Gasteiger partial charge is 0.165 e. The first-order chi connectivity index (χ1) is 9.20. The van der Waals surface area contributed by atoms with Gasteiger partial charge >= 0.3 is 0 Å². The molecule has 19 heavy (non-hydrogen) atoms. The second-order valence-electron chi connectivity index (χ2n) is 4.33. The van der Waals surface area contributed by atoms with Gasteiger partial charge in [-0.05, 0) is 29.7 Å². The number of ether oxygens (including phenoxy) is 1. The average Bonchev–Trinajstić information content (AvgIpc) is 2.39. The normalized spacial score (nSPS) is 10.5. The van der Waals surface area contributed by atoms with Crippen LogP contribution in [0, 0.1) is 12.7 Å². The van der Waals surface area contributed by atoms with Crippen molar-refractivity contribution in [3.8, 4) is 5.75 Å². The van der Waals surface area contributed by atoms with E-state index in [-0.39, 0.29) is 12.3 Å². The van der Waals surface area contributed by atoms with E-state index in [1.54, 1.807) is 13.0 Å². The van der Waals surface area contributed by atoms with E-state index in [9.17, 15) is 4.39 Å². The van der Waals surface area contributed by atoms with Crippen LogP contribution in [0.2, 0.25) is 0 Å². The summed E-state index contributed by atoms with van der Waals surface area (Å²) in [6.07, 6.45) is 0. The minimum Gasteiger partial charge on any atom is -0.486 e. The maximum atomic E-state index is 13.9. The summed E-state index contributed by atoms with van der Waals surface area (Å²) in [5.41, 5.74) is 4.38. The molecule has 100 valence electrons. The second kappa shape index (κ2) is 6.31. The van der Waals surface area contributed by atoms with Crippen molar-refractivity contribution in [1.29, 1.82) is 0 Å². The lowest BCUT2D eigenvalue weighted by molar-refractivity contribution is 0.161. The van der Waals surface area contributed by atoms with Crippen LogP contribution < -0.4 is 10.2 Å². The predicted molar refractivity (Wildman–Crippen MR) is 70.5 cm³/mol. The zero-order valence-corrected chi connectivity index (χ0v) is 10.7. The Bertz CT molecular complexity index is 520. The number of nitrogens with one attached hydrogen (secondary N) is 1. The van der Waals surface area contributed by atoms with E-state index in [1.165, 1.54) is 6.07 Å². The fourth-order valence-electron chi connectivity index (χ4n) is 1.91. The number of hydrogen-bond donors (Lipinski definition) is 2. The molecule has 2 aromatic carbocycles. The van der Waals surface area contributed by atoms with Gasteiger partial charge in [-0.2, -0.15) is 0 Å². The van der Waals surface area contributed by atoms with E-state index in [4.69, 9.17) is 9.94 Å². The zero-order chi connectivity index (χ0) is 13.7. The molecular formula is C15H16FNO2. The number of benzene rings is 2. The molecule has 0 saturated heterocycles. The summed E-state index contributed by atoms with van der Waals surface area (Å²) in [4.78, 5) is 0. The molecule has 4 heteroatoms. The highest BCUT2D eigenvalue weighted by Gasteiger charge is 2.09. The van der Waals surface area contributed by atoms with Gasteiger partial charge in [-0.1, -0.05) is 36.4 Å². The number of aryl methyl sites for hydroxylation is 1. The predicted octanol–water partition coefficient (Wildman–Crippen LogP) is 3.19. The van der Waals surface area contributed by atoms with E-state index in [0.717, 1.165) is 5.56 Å². The van der Waals surface area contributed by atoms with Crippen molar-refractivity contribution in [2.45, 2.75) is 20.1 Å². The largest absolute Gasteiger partial charge is 0.486 e. The van der Waals surface area contributed by atoms with Crippen LogP contribution in [0.25, 0.3) is 0 Å². The number of hydrogen-bond acceptors (Lipinski definition) is 3. The third-order valence-electron chi connectivity index (χ3n) is 2.80. The molecule has 0 saturated carbocycles. The van der Waals surface area contributed by atoms with Crippen LogP contribution in [-0.2, 0) is 13.2 Å². The first kappa shape index (κ1) is 13.5. The molecule has 3 nitrogen and oxygen atoms in total. The fourth-order valence-corrected chi connectivity index (χ4v) is 1.91. The lowest BCUT2D eigenvalue weighted by Crippen LogP contribution is -2.07. The Morgan fingerprint density at radius 2 is 1.89 bits per heavy atom. The SMILES string of the molecule is Cc1cc(CNO)cc(F)c1OCc1ccccc1. The van der Waals surface area contributed by atoms with Crippen LogP contribution in [-0.4, -0.2) is 5.21 Å². The van der Waals surface area contributed by atoms with Gasteiger partial charge in [0, 0.05) is 6.54 Å². The standard InChI is InChI=1S/C15H16FNO2/c1-11-7-13(9-17-18)8-14(16)15(11)19-10-12-5-3-2-4-6-12/h2-8,17-18H,9-10H2,1H3. The van der Waals surface area contributed by atoms with E-state index < -0.39 is 5.82 Å². The van der Waals surface area contributed by atoms with Crippen LogP contribution in [0.15, 0.2) is 42.5 Å². The summed E-state index contributed by atoms with van der Waals surface area (Å²) in [7, 11) is 0. The van der Waals surface area contributed by atoms with Gasteiger partial charge in [0.1, 0.15) is 6.61 Å². The molecule has 0 fully saturated rings. The summed E-state index contributed by atoms with van der Waals surface area (Å²) >= 11 is 0. The molecule has 0 unspecified atom stereocenters. The van der Waals surface area contributed by atoms with Crippen molar-refractivity contribution in [3.05, 3.63) is 65.0 Å². The summed E-state index contributed by atoms with van der Waals surface area (Å²) < 4.78 is 19.4. The van der Waals surface area contributed by atoms with Crippen molar-refractivity contribution in [2.24, 2.45) is 0 Å². The zero-order valence-electron chi connectivity index (χ0n) is 10.7. The van der Waals surface area contributed by atoms with Crippen molar-refractivity contribution in [1.82, 2.24) is 5.48 Å². The van der Waals surface area contributed by atoms with Crippen molar-refractivity contribution >= 4 is 0 Å². The molecule has 0 aliphatic carbocycles. The molecule has 0 amide bonds. The third kappa shape index (κ3) is 3.53. The molecule has 0 spiro atoms. The van der Waals surface area contributed by atoms with E-state index >= 15 is 0 Å². The van der Waals surface area contributed by atoms with Crippen molar-refractivity contribution in [3.63, 3.8) is 0 Å². The lowest BCUT2D eigenvalue weighted by Gasteiger charge is -2.12. The fraction of sp³-hybridized carbons (Fsp3) is 0.200. The molecule has 2 N–H and O–H groups in total. The van der Waals surface area contributed by atoms with E-state index in [2.05, 4.69) is 0 Å². The number of rotatable bonds is 5. The van der Waals surface area contributed by atoms with Gasteiger partial charge in [0.25, 0.3) is 0 Å². The molecule has 2 aromatic rings. The highest BCUT2D eigenvalue weighted by molar-refractivity contribution is 5.38. The first-order valence-electron chi connectivity index (χ1n) is 6.03. The summed E-state index contributed by atoms with van der Waals surface area (Å²) in [5, 5.41) is 8.62. The van der Waals surface area contributed by atoms with Crippen LogP contribution in [0.3, 0.4) is 0 Å². The highest BCUT2D eigenvalue weighted by Crippen LogP contribution is 2.25. The van der Waals surface area contributed by atoms with Gasteiger partial charge in [0.2, 0.25) is 0 Å². The Kier molecular flexibility index (Phi) is 4.49. The topological polar surface area (TPSA) is 41.5 Å². The Hall–Kier alpha value is -1.91. The van der Waals surface area contributed by atoms with Gasteiger partial charge in [-0.3, -0.25) is 0 Å². The molecule has 0 aliphatic heterocycles. The molecule has 2 rings (SSSR count). The maximum absolute atomic E-state index is 13.9. The van der Waals surface area contributed by atoms with E-state index in [0.29, 0.717) is 17.7 Å². The molecular weight excluding hydrogens is 245 g/mol. The van der Waals surface area contributed by atoms with Gasteiger partial charge in [-0.15, -0.1) is 0 Å². The molecule has 0 atom stereocenters. The maximum Gasteiger partial charge on any atom is 0.165 e. The summed E-state index contributed by atoms with van der Waals surface area (Å²) in [6.45, 7) is 2.32. The molecule has 0 heterocycles. The van der Waals surface area contributed by atoms with Crippen LogP contribution in [0.4, 0.5) is 4.39 Å². The third-order valence-corrected chi connectivity index (χ3v) is 2.80. The first-order valence-corrected chi connectivity index (χ1v) is 6.03. The number of halogens is 1. The van der Waals surface area contributed by atoms with Crippen molar-refractivity contribution in [2.75, 3.05) is 0 Å². The van der Waals surface area contributed by atoms with Gasteiger partial charge in [-0.25, -0.2) is 9.87 Å². The molecule has 0 aliphatic rings. The highest BCUT2D eigenvalue weighted by atomic mass is 19.1. The quantitative estimate of drug-likeness (QED) is 0.812. The summed E-state index contributed by atoms with van der Waals surface area (Å²) in [6, 6.07) is 12.7. The van der Waals surface area contributed by atoms with Crippen LogP contribution in [0.5, 0.6) is 5.75 Å². The Balaban J connectivity index is 2.12. The van der Waals surface area contributed by atoms with Crippen LogP contribution in [0.1, 0.15) is 16.7 Å². The summed E-state index contributed by atoms with van der Waals surface area (Å²) in [5.74, 6) is -0.160. The van der Waals surface area contributed by atoms with Gasteiger partial charge < -0.3 is 9.94 Å². The Labute approximate surface area is 111 Å². The van der Waals surface area contributed by atoms with Gasteiger partial charge in [0.05, 0.1) is 0 Å². The molecule has 0 aromatic heterocycles. The van der Waals surface area contributed by atoms with Crippen molar-refractivity contribution < 1.29 is 14.3 Å². The van der Waals surface area contributed by atoms with Crippen LogP contribution >= 0.6 is 0 Å². The van der Waals surface area contributed by atoms with Gasteiger partial charge in [0.15, 0.2) is 11.6 Å². The second-order valence-corrected chi connectivity index (χ2v) is 4.33. The molecule has 0 bridgehead atoms. The average molecular weight is 261 g/mol. The molecule has 0 radical (unpaired) electrons. The Morgan fingerprint density at radius 1 is 1.16 bits per heavy atom. The Morgan fingerprint density at radius 3 is 2.53 bits per heavy atom. The number of hydroxylamine groups is 1. The monoisotopic (exact) mass is 261 g/mol. The minimum absolute atomic E-state index is 0.205. The minimum atomic E-state index is -0.416. The lowest BCUT2D eigenvalue weighted by atomic mass is 10.1. The van der Waals surface area contributed by atoms with E-state index in [1.807, 2.05) is 35.8 Å².